The monoisotopic (exact) mass is 538 g/mol. The summed E-state index contributed by atoms with van der Waals surface area (Å²) in [5.41, 5.74) is 6.47. The molecule has 1 aliphatic carbocycles. The van der Waals surface area contributed by atoms with Crippen LogP contribution in [0.4, 0.5) is 10.3 Å². The van der Waals surface area contributed by atoms with E-state index in [9.17, 15) is 14.0 Å². The molecule has 1 aliphatic heterocycles. The van der Waals surface area contributed by atoms with Gasteiger partial charge in [-0.15, -0.1) is 0 Å². The van der Waals surface area contributed by atoms with Crippen molar-refractivity contribution in [3.05, 3.63) is 48.2 Å². The van der Waals surface area contributed by atoms with Gasteiger partial charge in [0.1, 0.15) is 11.2 Å². The first-order valence-electron chi connectivity index (χ1n) is 12.9. The van der Waals surface area contributed by atoms with E-state index in [0.717, 1.165) is 19.3 Å². The van der Waals surface area contributed by atoms with Gasteiger partial charge in [0.25, 0.3) is 5.91 Å². The van der Waals surface area contributed by atoms with Crippen molar-refractivity contribution in [2.45, 2.75) is 38.9 Å². The van der Waals surface area contributed by atoms with Crippen molar-refractivity contribution >= 4 is 17.8 Å². The molecule has 2 aromatic heterocycles. The van der Waals surface area contributed by atoms with E-state index in [4.69, 9.17) is 19.9 Å². The first kappa shape index (κ1) is 26.7. The number of rotatable bonds is 10. The lowest BCUT2D eigenvalue weighted by atomic mass is 9.91. The van der Waals surface area contributed by atoms with Gasteiger partial charge in [-0.3, -0.25) is 9.59 Å². The maximum Gasteiger partial charge on any atom is 0.316 e. The molecule has 11 nitrogen and oxygen atoms in total. The predicted octanol–water partition coefficient (Wildman–Crippen LogP) is 3.14. The number of aromatic amines is 1. The summed E-state index contributed by atoms with van der Waals surface area (Å²) in [5, 5.41) is 3.13. The third-order valence-corrected chi connectivity index (χ3v) is 6.73. The van der Waals surface area contributed by atoms with Gasteiger partial charge in [-0.25, -0.2) is 19.3 Å². The number of anilines is 1. The number of benzene rings is 1. The SMILES string of the molecule is CCCNc1nccc(-c2[nH]c(C3(C(N)=O)OCC(C)(C(=O)OCC4CC4)CO3)nc2-c2ccc(F)cc2)n1. The van der Waals surface area contributed by atoms with E-state index in [1.165, 1.54) is 12.1 Å². The first-order chi connectivity index (χ1) is 18.7. The molecule has 5 rings (SSSR count). The lowest BCUT2D eigenvalue weighted by Crippen LogP contribution is -2.56. The summed E-state index contributed by atoms with van der Waals surface area (Å²) in [7, 11) is 0. The Hall–Kier alpha value is -3.90. The quantitative estimate of drug-likeness (QED) is 0.330. The predicted molar refractivity (Wildman–Crippen MR) is 138 cm³/mol. The van der Waals surface area contributed by atoms with E-state index in [2.05, 4.69) is 25.3 Å². The molecular formula is C27H31FN6O5. The molecule has 1 saturated carbocycles. The van der Waals surface area contributed by atoms with Crippen LogP contribution in [0.3, 0.4) is 0 Å². The zero-order valence-corrected chi connectivity index (χ0v) is 21.8. The van der Waals surface area contributed by atoms with E-state index >= 15 is 0 Å². The van der Waals surface area contributed by atoms with Crippen molar-refractivity contribution < 1.29 is 28.2 Å². The highest BCUT2D eigenvalue weighted by Crippen LogP contribution is 2.40. The van der Waals surface area contributed by atoms with Gasteiger partial charge in [0.05, 0.1) is 36.9 Å². The first-order valence-corrected chi connectivity index (χ1v) is 12.9. The van der Waals surface area contributed by atoms with Gasteiger partial charge >= 0.3 is 11.8 Å². The van der Waals surface area contributed by atoms with Gasteiger partial charge < -0.3 is 30.2 Å². The Morgan fingerprint density at radius 2 is 1.90 bits per heavy atom. The summed E-state index contributed by atoms with van der Waals surface area (Å²) >= 11 is 0. The average molecular weight is 539 g/mol. The molecule has 2 fully saturated rings. The molecule has 206 valence electrons. The minimum Gasteiger partial charge on any atom is -0.465 e. The summed E-state index contributed by atoms with van der Waals surface area (Å²) in [4.78, 5) is 42.1. The summed E-state index contributed by atoms with van der Waals surface area (Å²) in [6, 6.07) is 7.40. The normalized spacial score (nSPS) is 22.8. The molecule has 0 spiro atoms. The average Bonchev–Trinajstić information content (AvgIpc) is 3.67. The fourth-order valence-electron chi connectivity index (χ4n) is 4.12. The number of H-pyrrole nitrogens is 1. The third kappa shape index (κ3) is 5.48. The molecule has 0 unspecified atom stereocenters. The van der Waals surface area contributed by atoms with Gasteiger partial charge in [0, 0.05) is 18.3 Å². The molecule has 1 saturated heterocycles. The van der Waals surface area contributed by atoms with Crippen LogP contribution in [0.1, 0.15) is 38.9 Å². The fourth-order valence-corrected chi connectivity index (χ4v) is 4.12. The zero-order chi connectivity index (χ0) is 27.6. The second-order valence-electron chi connectivity index (χ2n) is 10.2. The van der Waals surface area contributed by atoms with Crippen LogP contribution in [0.15, 0.2) is 36.5 Å². The van der Waals surface area contributed by atoms with Gasteiger partial charge in [-0.2, -0.15) is 0 Å². The van der Waals surface area contributed by atoms with E-state index in [-0.39, 0.29) is 19.0 Å². The lowest BCUT2D eigenvalue weighted by molar-refractivity contribution is -0.293. The van der Waals surface area contributed by atoms with Crippen LogP contribution in [0.25, 0.3) is 22.6 Å². The number of imidazole rings is 1. The van der Waals surface area contributed by atoms with Gasteiger partial charge in [-0.1, -0.05) is 6.92 Å². The van der Waals surface area contributed by atoms with Gasteiger partial charge in [0.15, 0.2) is 5.82 Å². The molecule has 39 heavy (non-hydrogen) atoms. The molecule has 0 radical (unpaired) electrons. The highest BCUT2D eigenvalue weighted by atomic mass is 19.1. The third-order valence-electron chi connectivity index (χ3n) is 6.73. The number of carbonyl (C=O) groups is 2. The number of ether oxygens (including phenoxy) is 3. The van der Waals surface area contributed by atoms with Crippen molar-refractivity contribution in [2.75, 3.05) is 31.7 Å². The summed E-state index contributed by atoms with van der Waals surface area (Å²) < 4.78 is 31.0. The largest absolute Gasteiger partial charge is 0.465 e. The number of esters is 1. The number of primary amides is 1. The standard InChI is InChI=1S/C27H31FN6O5/c1-3-11-30-25-31-12-10-19(32-25)21-20(17-6-8-18(28)9-7-17)33-23(34-21)27(22(29)35)38-14-26(2,15-39-27)24(36)37-13-16-4-5-16/h6-10,12,16H,3-5,11,13-15H2,1-2H3,(H2,29,35)(H,33,34)(H,30,31,32). The van der Waals surface area contributed by atoms with Crippen molar-refractivity contribution in [1.82, 2.24) is 19.9 Å². The van der Waals surface area contributed by atoms with Crippen molar-refractivity contribution in [1.29, 1.82) is 0 Å². The Kier molecular flexibility index (Phi) is 7.32. The van der Waals surface area contributed by atoms with Crippen LogP contribution in [-0.2, 0) is 29.6 Å². The number of hydrogen-bond donors (Lipinski definition) is 3. The second-order valence-corrected chi connectivity index (χ2v) is 10.2. The lowest BCUT2D eigenvalue weighted by Gasteiger charge is -2.40. The van der Waals surface area contributed by atoms with E-state index < -0.39 is 28.9 Å². The zero-order valence-electron chi connectivity index (χ0n) is 21.8. The van der Waals surface area contributed by atoms with Crippen molar-refractivity contribution in [3.8, 4) is 22.6 Å². The van der Waals surface area contributed by atoms with Gasteiger partial charge in [0.2, 0.25) is 5.95 Å². The molecule has 2 aliphatic rings. The van der Waals surface area contributed by atoms with Crippen LogP contribution in [0, 0.1) is 17.2 Å². The van der Waals surface area contributed by atoms with Crippen LogP contribution >= 0.6 is 0 Å². The number of aromatic nitrogens is 4. The number of hydrogen-bond acceptors (Lipinski definition) is 9. The van der Waals surface area contributed by atoms with E-state index in [1.54, 1.807) is 31.3 Å². The summed E-state index contributed by atoms with van der Waals surface area (Å²) in [6.07, 6.45) is 4.56. The minimum absolute atomic E-state index is 0.0283. The molecule has 1 aromatic carbocycles. The van der Waals surface area contributed by atoms with Crippen LogP contribution in [0.2, 0.25) is 0 Å². The number of nitrogens with zero attached hydrogens (tertiary/aromatic N) is 3. The van der Waals surface area contributed by atoms with Crippen molar-refractivity contribution in [2.24, 2.45) is 17.1 Å². The highest BCUT2D eigenvalue weighted by molar-refractivity contribution is 5.85. The van der Waals surface area contributed by atoms with Crippen LogP contribution in [-0.4, -0.2) is 58.2 Å². The molecule has 12 heteroatoms. The molecule has 3 aromatic rings. The van der Waals surface area contributed by atoms with Crippen molar-refractivity contribution in [3.63, 3.8) is 0 Å². The topological polar surface area (TPSA) is 154 Å². The number of halogens is 1. The summed E-state index contributed by atoms with van der Waals surface area (Å²) in [6.45, 7) is 4.34. The Balaban J connectivity index is 1.50. The molecule has 4 N–H and O–H groups in total. The van der Waals surface area contributed by atoms with Crippen LogP contribution in [0.5, 0.6) is 0 Å². The Labute approximate surface area is 224 Å². The molecule has 1 amide bonds. The highest BCUT2D eigenvalue weighted by Gasteiger charge is 2.54. The number of carbonyl (C=O) groups excluding carboxylic acids is 2. The smallest absolute Gasteiger partial charge is 0.316 e. The van der Waals surface area contributed by atoms with Crippen LogP contribution < -0.4 is 11.1 Å². The Morgan fingerprint density at radius 3 is 2.54 bits per heavy atom. The van der Waals surface area contributed by atoms with E-state index in [0.29, 0.717) is 47.7 Å². The van der Waals surface area contributed by atoms with Gasteiger partial charge in [-0.05, 0) is 62.4 Å². The molecule has 0 bridgehead atoms. The maximum atomic E-state index is 13.7. The maximum absolute atomic E-state index is 13.7. The number of nitrogens with one attached hydrogen (secondary N) is 2. The number of amides is 1. The fraction of sp³-hybridized carbons (Fsp3) is 0.444. The molecule has 3 heterocycles. The molecular weight excluding hydrogens is 507 g/mol. The van der Waals surface area contributed by atoms with E-state index in [1.807, 2.05) is 6.92 Å². The second kappa shape index (κ2) is 10.7. The Bertz CT molecular complexity index is 1350. The number of nitrogens with two attached hydrogens (primary N) is 1. The molecule has 0 atom stereocenters. The Morgan fingerprint density at radius 1 is 1.18 bits per heavy atom. The minimum atomic E-state index is -2.10. The summed E-state index contributed by atoms with van der Waals surface area (Å²) in [5.74, 6) is -3.14.